The van der Waals surface area contributed by atoms with Gasteiger partial charge in [-0.1, -0.05) is 6.92 Å². The molecule has 0 fully saturated rings. The molecule has 0 bridgehead atoms. The van der Waals surface area contributed by atoms with E-state index in [2.05, 4.69) is 6.92 Å². The average molecular weight is 185 g/mol. The molecule has 0 aromatic rings. The molecule has 0 radical (unpaired) electrons. The van der Waals surface area contributed by atoms with Gasteiger partial charge in [-0.05, 0) is 24.8 Å². The van der Waals surface area contributed by atoms with Gasteiger partial charge in [0.25, 0.3) is 0 Å². The third-order valence-corrected chi connectivity index (χ3v) is 2.08. The van der Waals surface area contributed by atoms with E-state index in [9.17, 15) is 0 Å². The van der Waals surface area contributed by atoms with Gasteiger partial charge in [-0.25, -0.2) is 0 Å². The molecule has 1 rings (SSSR count). The van der Waals surface area contributed by atoms with E-state index in [1.54, 1.807) is 6.26 Å². The molecule has 3 heteroatoms. The molecular formula is C10H19NO2. The summed E-state index contributed by atoms with van der Waals surface area (Å²) in [4.78, 5) is 0. The number of hydrogen-bond donors (Lipinski definition) is 1. The van der Waals surface area contributed by atoms with Crippen LogP contribution in [0.15, 0.2) is 11.8 Å². The standard InChI is InChI=1S/C10H19NO2/c1-2-5-12-8-10(11)9-4-3-6-13-7-9/h7,10H,2-6,8,11H2,1H3. The van der Waals surface area contributed by atoms with Crippen molar-refractivity contribution in [1.82, 2.24) is 0 Å². The maximum Gasteiger partial charge on any atom is 0.0876 e. The molecule has 1 unspecified atom stereocenters. The second kappa shape index (κ2) is 6.00. The topological polar surface area (TPSA) is 44.5 Å². The molecule has 3 nitrogen and oxygen atoms in total. The van der Waals surface area contributed by atoms with Crippen LogP contribution in [0, 0.1) is 0 Å². The lowest BCUT2D eigenvalue weighted by Gasteiger charge is -2.19. The Morgan fingerprint density at radius 1 is 1.69 bits per heavy atom. The Morgan fingerprint density at radius 2 is 2.54 bits per heavy atom. The van der Waals surface area contributed by atoms with Gasteiger partial charge in [0, 0.05) is 6.61 Å². The first-order valence-corrected chi connectivity index (χ1v) is 4.98. The summed E-state index contributed by atoms with van der Waals surface area (Å²) in [7, 11) is 0. The highest BCUT2D eigenvalue weighted by molar-refractivity contribution is 5.08. The zero-order valence-electron chi connectivity index (χ0n) is 8.29. The highest BCUT2D eigenvalue weighted by Crippen LogP contribution is 2.14. The quantitative estimate of drug-likeness (QED) is 0.659. The van der Waals surface area contributed by atoms with Crippen molar-refractivity contribution in [3.05, 3.63) is 11.8 Å². The normalized spacial score (nSPS) is 19.1. The molecule has 0 saturated carbocycles. The largest absolute Gasteiger partial charge is 0.501 e. The van der Waals surface area contributed by atoms with E-state index in [1.807, 2.05) is 0 Å². The summed E-state index contributed by atoms with van der Waals surface area (Å²) in [5, 5.41) is 0. The van der Waals surface area contributed by atoms with Gasteiger partial charge in [-0.3, -0.25) is 0 Å². The summed E-state index contributed by atoms with van der Waals surface area (Å²) in [6.07, 6.45) is 4.97. The van der Waals surface area contributed by atoms with Crippen LogP contribution in [0.3, 0.4) is 0 Å². The third-order valence-electron chi connectivity index (χ3n) is 2.08. The SMILES string of the molecule is CCCOCC(N)C1=COCCC1. The van der Waals surface area contributed by atoms with Crippen LogP contribution >= 0.6 is 0 Å². The van der Waals surface area contributed by atoms with Gasteiger partial charge in [0.15, 0.2) is 0 Å². The molecule has 0 aromatic carbocycles. The Hall–Kier alpha value is -0.540. The minimum atomic E-state index is 0.0202. The summed E-state index contributed by atoms with van der Waals surface area (Å²) in [5.74, 6) is 0. The number of hydrogen-bond acceptors (Lipinski definition) is 3. The maximum atomic E-state index is 5.92. The van der Waals surface area contributed by atoms with E-state index in [-0.39, 0.29) is 6.04 Å². The van der Waals surface area contributed by atoms with Crippen LogP contribution in [-0.4, -0.2) is 25.9 Å². The molecule has 2 N–H and O–H groups in total. The van der Waals surface area contributed by atoms with Gasteiger partial charge in [-0.15, -0.1) is 0 Å². The summed E-state index contributed by atoms with van der Waals surface area (Å²) in [6.45, 7) is 4.32. The number of ether oxygens (including phenoxy) is 2. The van der Waals surface area contributed by atoms with E-state index >= 15 is 0 Å². The average Bonchev–Trinajstić information content (AvgIpc) is 2.19. The highest BCUT2D eigenvalue weighted by Gasteiger charge is 2.12. The van der Waals surface area contributed by atoms with Crippen LogP contribution in [-0.2, 0) is 9.47 Å². The molecular weight excluding hydrogens is 166 g/mol. The fourth-order valence-electron chi connectivity index (χ4n) is 1.32. The lowest BCUT2D eigenvalue weighted by atomic mass is 10.0. The monoisotopic (exact) mass is 185 g/mol. The highest BCUT2D eigenvalue weighted by atomic mass is 16.5. The van der Waals surface area contributed by atoms with Gasteiger partial charge >= 0.3 is 0 Å². The number of rotatable bonds is 5. The molecule has 13 heavy (non-hydrogen) atoms. The Morgan fingerprint density at radius 3 is 3.15 bits per heavy atom. The summed E-state index contributed by atoms with van der Waals surface area (Å²) in [6, 6.07) is 0.0202. The summed E-state index contributed by atoms with van der Waals surface area (Å²) >= 11 is 0. The predicted molar refractivity (Wildman–Crippen MR) is 52.4 cm³/mol. The smallest absolute Gasteiger partial charge is 0.0876 e. The fourth-order valence-corrected chi connectivity index (χ4v) is 1.32. The molecule has 1 atom stereocenters. The molecule has 1 heterocycles. The van der Waals surface area contributed by atoms with Crippen LogP contribution in [0.25, 0.3) is 0 Å². The van der Waals surface area contributed by atoms with Crippen LogP contribution in [0.4, 0.5) is 0 Å². The molecule has 1 aliphatic rings. The van der Waals surface area contributed by atoms with Gasteiger partial charge in [0.2, 0.25) is 0 Å². The molecule has 1 aliphatic heterocycles. The molecule has 76 valence electrons. The Bertz CT molecular complexity index is 168. The Kier molecular flexibility index (Phi) is 4.86. The fraction of sp³-hybridized carbons (Fsp3) is 0.800. The molecule has 0 aromatic heterocycles. The Labute approximate surface area is 79.9 Å². The van der Waals surface area contributed by atoms with Crippen molar-refractivity contribution in [3.63, 3.8) is 0 Å². The zero-order valence-corrected chi connectivity index (χ0v) is 8.29. The maximum absolute atomic E-state index is 5.92. The van der Waals surface area contributed by atoms with Crippen LogP contribution in [0.1, 0.15) is 26.2 Å². The van der Waals surface area contributed by atoms with Gasteiger partial charge in [0.1, 0.15) is 0 Å². The van der Waals surface area contributed by atoms with Crippen molar-refractivity contribution in [1.29, 1.82) is 0 Å². The first-order chi connectivity index (χ1) is 6.34. The van der Waals surface area contributed by atoms with Crippen molar-refractivity contribution < 1.29 is 9.47 Å². The predicted octanol–water partition coefficient (Wildman–Crippen LogP) is 1.43. The molecule has 0 aliphatic carbocycles. The zero-order chi connectivity index (χ0) is 9.52. The van der Waals surface area contributed by atoms with Crippen molar-refractivity contribution in [3.8, 4) is 0 Å². The minimum Gasteiger partial charge on any atom is -0.501 e. The van der Waals surface area contributed by atoms with Crippen molar-refractivity contribution in [2.75, 3.05) is 19.8 Å². The van der Waals surface area contributed by atoms with Crippen molar-refractivity contribution >= 4 is 0 Å². The summed E-state index contributed by atoms with van der Waals surface area (Å²) < 4.78 is 10.6. The lowest BCUT2D eigenvalue weighted by Crippen LogP contribution is -2.30. The molecule has 0 spiro atoms. The van der Waals surface area contributed by atoms with Crippen LogP contribution in [0.2, 0.25) is 0 Å². The van der Waals surface area contributed by atoms with E-state index in [0.29, 0.717) is 6.61 Å². The van der Waals surface area contributed by atoms with Crippen molar-refractivity contribution in [2.24, 2.45) is 5.73 Å². The minimum absolute atomic E-state index is 0.0202. The van der Waals surface area contributed by atoms with Gasteiger partial charge < -0.3 is 15.2 Å². The summed E-state index contributed by atoms with van der Waals surface area (Å²) in [5.41, 5.74) is 7.10. The van der Waals surface area contributed by atoms with Gasteiger partial charge in [0.05, 0.1) is 25.5 Å². The van der Waals surface area contributed by atoms with E-state index in [4.69, 9.17) is 15.2 Å². The second-order valence-electron chi connectivity index (χ2n) is 3.35. The van der Waals surface area contributed by atoms with E-state index in [0.717, 1.165) is 32.5 Å². The van der Waals surface area contributed by atoms with E-state index < -0.39 is 0 Å². The van der Waals surface area contributed by atoms with E-state index in [1.165, 1.54) is 5.57 Å². The molecule has 0 saturated heterocycles. The lowest BCUT2D eigenvalue weighted by molar-refractivity contribution is 0.123. The van der Waals surface area contributed by atoms with Crippen LogP contribution < -0.4 is 5.73 Å². The van der Waals surface area contributed by atoms with Crippen LogP contribution in [0.5, 0.6) is 0 Å². The first kappa shape index (κ1) is 10.5. The second-order valence-corrected chi connectivity index (χ2v) is 3.35. The Balaban J connectivity index is 2.21. The van der Waals surface area contributed by atoms with Crippen molar-refractivity contribution in [2.45, 2.75) is 32.2 Å². The van der Waals surface area contributed by atoms with Gasteiger partial charge in [-0.2, -0.15) is 0 Å². The third kappa shape index (κ3) is 3.79. The number of nitrogens with two attached hydrogens (primary N) is 1. The molecule has 0 amide bonds. The first-order valence-electron chi connectivity index (χ1n) is 4.98.